The topological polar surface area (TPSA) is 79.8 Å². The van der Waals surface area contributed by atoms with Gasteiger partial charge in [0.2, 0.25) is 0 Å². The van der Waals surface area contributed by atoms with Gasteiger partial charge in [-0.3, -0.25) is 9.59 Å². The molecule has 3 aromatic rings. The second-order valence-corrected chi connectivity index (χ2v) is 6.00. The number of rotatable bonds is 3. The Morgan fingerprint density at radius 2 is 1.58 bits per heavy atom. The maximum atomic E-state index is 12.9. The summed E-state index contributed by atoms with van der Waals surface area (Å²) in [6, 6.07) is 12.7. The molecule has 0 spiro atoms. The molecule has 2 aromatic heterocycles. The Balaban J connectivity index is 1.45. The summed E-state index contributed by atoms with van der Waals surface area (Å²) in [6.45, 7) is 1.81. The minimum absolute atomic E-state index is 0.143. The minimum atomic E-state index is -0.156. The second kappa shape index (κ2) is 6.87. The predicted octanol–water partition coefficient (Wildman–Crippen LogP) is 2.53. The summed E-state index contributed by atoms with van der Waals surface area (Å²) in [5, 5.41) is 3.79. The zero-order chi connectivity index (χ0) is 17.9. The third kappa shape index (κ3) is 2.99. The van der Waals surface area contributed by atoms with Crippen LogP contribution in [0.25, 0.3) is 11.3 Å². The molecule has 0 aliphatic carbocycles. The van der Waals surface area contributed by atoms with Crippen LogP contribution in [0.2, 0.25) is 0 Å². The molecular weight excluding hydrogens is 334 g/mol. The van der Waals surface area contributed by atoms with Gasteiger partial charge in [0, 0.05) is 31.7 Å². The van der Waals surface area contributed by atoms with Crippen molar-refractivity contribution in [3.63, 3.8) is 0 Å². The Labute approximate surface area is 149 Å². The largest absolute Gasteiger partial charge is 0.459 e. The third-order valence-electron chi connectivity index (χ3n) is 4.42. The van der Waals surface area contributed by atoms with Crippen molar-refractivity contribution < 1.29 is 18.5 Å². The van der Waals surface area contributed by atoms with Gasteiger partial charge in [0.15, 0.2) is 11.5 Å². The zero-order valence-electron chi connectivity index (χ0n) is 14.0. The average molecular weight is 351 g/mol. The van der Waals surface area contributed by atoms with E-state index >= 15 is 0 Å². The van der Waals surface area contributed by atoms with Crippen molar-refractivity contribution in [1.29, 1.82) is 0 Å². The van der Waals surface area contributed by atoms with E-state index in [9.17, 15) is 9.59 Å². The van der Waals surface area contributed by atoms with Gasteiger partial charge < -0.3 is 18.7 Å². The van der Waals surface area contributed by atoms with Crippen LogP contribution in [0.3, 0.4) is 0 Å². The fourth-order valence-electron chi connectivity index (χ4n) is 3.03. The molecule has 1 saturated heterocycles. The first kappa shape index (κ1) is 16.1. The van der Waals surface area contributed by atoms with Crippen molar-refractivity contribution in [1.82, 2.24) is 15.0 Å². The van der Waals surface area contributed by atoms with Crippen LogP contribution in [0.4, 0.5) is 0 Å². The van der Waals surface area contributed by atoms with E-state index in [0.717, 1.165) is 5.56 Å². The van der Waals surface area contributed by atoms with E-state index in [1.165, 1.54) is 12.5 Å². The minimum Gasteiger partial charge on any atom is -0.459 e. The third-order valence-corrected chi connectivity index (χ3v) is 4.42. The van der Waals surface area contributed by atoms with E-state index in [-0.39, 0.29) is 11.8 Å². The summed E-state index contributed by atoms with van der Waals surface area (Å²) in [5.41, 5.74) is 1.24. The van der Waals surface area contributed by atoms with Crippen molar-refractivity contribution in [2.24, 2.45) is 0 Å². The van der Waals surface area contributed by atoms with Gasteiger partial charge in [-0.05, 0) is 12.1 Å². The number of hydrogen-bond donors (Lipinski definition) is 0. The highest BCUT2D eigenvalue weighted by Gasteiger charge is 2.29. The van der Waals surface area contributed by atoms with Gasteiger partial charge in [-0.15, -0.1) is 0 Å². The number of furan rings is 1. The molecule has 7 nitrogen and oxygen atoms in total. The predicted molar refractivity (Wildman–Crippen MR) is 92.5 cm³/mol. The van der Waals surface area contributed by atoms with Crippen molar-refractivity contribution in [2.45, 2.75) is 0 Å². The van der Waals surface area contributed by atoms with Crippen molar-refractivity contribution in [3.8, 4) is 11.3 Å². The molecule has 0 N–H and O–H groups in total. The van der Waals surface area contributed by atoms with E-state index in [4.69, 9.17) is 8.94 Å². The van der Waals surface area contributed by atoms with Crippen LogP contribution in [-0.4, -0.2) is 52.9 Å². The van der Waals surface area contributed by atoms with Crippen molar-refractivity contribution in [2.75, 3.05) is 26.2 Å². The lowest BCUT2D eigenvalue weighted by Gasteiger charge is -2.34. The number of amides is 2. The molecule has 0 bridgehead atoms. The molecule has 1 aromatic carbocycles. The quantitative estimate of drug-likeness (QED) is 0.724. The number of aromatic nitrogens is 1. The number of hydrogen-bond acceptors (Lipinski definition) is 5. The summed E-state index contributed by atoms with van der Waals surface area (Å²) in [5.74, 6) is 0.479. The molecule has 1 fully saturated rings. The molecule has 3 heterocycles. The zero-order valence-corrected chi connectivity index (χ0v) is 14.0. The first-order valence-electron chi connectivity index (χ1n) is 8.36. The number of nitrogens with zero attached hydrogens (tertiary/aromatic N) is 3. The highest BCUT2D eigenvalue weighted by molar-refractivity contribution is 5.99. The van der Waals surface area contributed by atoms with Crippen LogP contribution in [0.1, 0.15) is 20.9 Å². The lowest BCUT2D eigenvalue weighted by Crippen LogP contribution is -2.50. The summed E-state index contributed by atoms with van der Waals surface area (Å²) in [7, 11) is 0. The summed E-state index contributed by atoms with van der Waals surface area (Å²) in [4.78, 5) is 28.6. The van der Waals surface area contributed by atoms with E-state index < -0.39 is 0 Å². The summed E-state index contributed by atoms with van der Waals surface area (Å²) < 4.78 is 10.5. The molecule has 0 unspecified atom stereocenters. The lowest BCUT2D eigenvalue weighted by molar-refractivity contribution is 0.0518. The lowest BCUT2D eigenvalue weighted by atomic mass is 10.1. The molecular formula is C19H17N3O4. The van der Waals surface area contributed by atoms with Crippen LogP contribution in [-0.2, 0) is 0 Å². The Morgan fingerprint density at radius 1 is 0.885 bits per heavy atom. The van der Waals surface area contributed by atoms with Gasteiger partial charge in [0.25, 0.3) is 11.8 Å². The van der Waals surface area contributed by atoms with E-state index in [1.54, 1.807) is 21.9 Å². The molecule has 2 amide bonds. The molecule has 1 aliphatic rings. The first-order valence-corrected chi connectivity index (χ1v) is 8.36. The monoisotopic (exact) mass is 351 g/mol. The number of benzene rings is 1. The molecule has 132 valence electrons. The maximum absolute atomic E-state index is 12.9. The van der Waals surface area contributed by atoms with Crippen LogP contribution in [0.15, 0.2) is 63.9 Å². The van der Waals surface area contributed by atoms with Gasteiger partial charge in [-0.2, -0.15) is 0 Å². The van der Waals surface area contributed by atoms with Crippen LogP contribution in [0, 0.1) is 0 Å². The Bertz CT molecular complexity index is 894. The van der Waals surface area contributed by atoms with Gasteiger partial charge in [0.05, 0.1) is 12.5 Å². The van der Waals surface area contributed by atoms with Crippen molar-refractivity contribution in [3.05, 3.63) is 66.2 Å². The molecule has 7 heteroatoms. The molecule has 0 atom stereocenters. The molecule has 4 rings (SSSR count). The Morgan fingerprint density at radius 3 is 2.23 bits per heavy atom. The fraction of sp³-hybridized carbons (Fsp3) is 0.211. The molecule has 0 radical (unpaired) electrons. The van der Waals surface area contributed by atoms with Crippen molar-refractivity contribution >= 4 is 11.8 Å². The second-order valence-electron chi connectivity index (χ2n) is 6.00. The van der Waals surface area contributed by atoms with Crippen LogP contribution < -0.4 is 0 Å². The maximum Gasteiger partial charge on any atom is 0.289 e. The normalized spacial score (nSPS) is 14.5. The summed E-state index contributed by atoms with van der Waals surface area (Å²) >= 11 is 0. The number of carbonyl (C=O) groups is 2. The standard InChI is InChI=1S/C19H17N3O4/c23-18(15-13-20-26-17(15)14-5-2-1-3-6-14)21-8-10-22(11-9-21)19(24)16-7-4-12-25-16/h1-7,12-13H,8-11H2. The highest BCUT2D eigenvalue weighted by atomic mass is 16.5. The van der Waals surface area contributed by atoms with E-state index in [0.29, 0.717) is 43.3 Å². The van der Waals surface area contributed by atoms with Crippen LogP contribution >= 0.6 is 0 Å². The van der Waals surface area contributed by atoms with Gasteiger partial charge >= 0.3 is 0 Å². The first-order chi connectivity index (χ1) is 12.7. The van der Waals surface area contributed by atoms with Crippen LogP contribution in [0.5, 0.6) is 0 Å². The Kier molecular flexibility index (Phi) is 4.27. The molecule has 1 aliphatic heterocycles. The molecule has 26 heavy (non-hydrogen) atoms. The number of carbonyl (C=O) groups excluding carboxylic acids is 2. The molecule has 0 saturated carbocycles. The SMILES string of the molecule is O=C(c1ccco1)N1CCN(C(=O)c2cnoc2-c2ccccc2)CC1. The smallest absolute Gasteiger partial charge is 0.289 e. The van der Waals surface area contributed by atoms with Gasteiger partial charge in [-0.1, -0.05) is 35.5 Å². The van der Waals surface area contributed by atoms with E-state index in [1.807, 2.05) is 30.3 Å². The average Bonchev–Trinajstić information content (AvgIpc) is 3.39. The van der Waals surface area contributed by atoms with Gasteiger partial charge in [0.1, 0.15) is 5.56 Å². The highest BCUT2D eigenvalue weighted by Crippen LogP contribution is 2.25. The Hall–Kier alpha value is -3.35. The van der Waals surface area contributed by atoms with Gasteiger partial charge in [-0.25, -0.2) is 0 Å². The summed E-state index contributed by atoms with van der Waals surface area (Å²) in [6.07, 6.45) is 2.93. The van der Waals surface area contributed by atoms with E-state index in [2.05, 4.69) is 5.16 Å². The number of piperazine rings is 1. The fourth-order valence-corrected chi connectivity index (χ4v) is 3.03.